The van der Waals surface area contributed by atoms with Gasteiger partial charge in [0.25, 0.3) is 5.69 Å². The zero-order valence-corrected chi connectivity index (χ0v) is 26.6. The van der Waals surface area contributed by atoms with Crippen molar-refractivity contribution in [1.29, 1.82) is 0 Å². The van der Waals surface area contributed by atoms with Crippen molar-refractivity contribution in [3.05, 3.63) is 55.5 Å². The maximum absolute atomic E-state index is 10.8. The molecule has 36 heavy (non-hydrogen) atoms. The van der Waals surface area contributed by atoms with Gasteiger partial charge in [-0.15, -0.1) is 0 Å². The number of nitrogens with one attached hydrogen (secondary N) is 2. The fraction of sp³-hybridized carbons (Fsp3) is 0.571. The van der Waals surface area contributed by atoms with Crippen molar-refractivity contribution in [3.8, 4) is 0 Å². The molecule has 0 aliphatic rings. The molecule has 0 heterocycles. The lowest BCUT2D eigenvalue weighted by Crippen LogP contribution is -2.35. The third-order valence-corrected chi connectivity index (χ3v) is 6.38. The van der Waals surface area contributed by atoms with Crippen molar-refractivity contribution in [3.63, 3.8) is 0 Å². The van der Waals surface area contributed by atoms with Gasteiger partial charge in [0.1, 0.15) is 0 Å². The number of rotatable bonds is 7. The summed E-state index contributed by atoms with van der Waals surface area (Å²) in [6, 6.07) is 11.0. The molecule has 0 aliphatic heterocycles. The Hall–Kier alpha value is -1.80. The molecule has 0 atom stereocenters. The minimum atomic E-state index is -0.395. The second-order valence-corrected chi connectivity index (χ2v) is 14.9. The highest BCUT2D eigenvalue weighted by molar-refractivity contribution is 9.11. The van der Waals surface area contributed by atoms with Crippen LogP contribution in [0.15, 0.2) is 45.3 Å². The van der Waals surface area contributed by atoms with Gasteiger partial charge in [-0.05, 0) is 114 Å². The molecule has 202 valence electrons. The molecule has 0 aliphatic carbocycles. The van der Waals surface area contributed by atoms with Crippen LogP contribution in [0.5, 0.6) is 0 Å². The van der Waals surface area contributed by atoms with Gasteiger partial charge in [0.2, 0.25) is 0 Å². The van der Waals surface area contributed by atoms with E-state index >= 15 is 0 Å². The summed E-state index contributed by atoms with van der Waals surface area (Å²) in [6.07, 6.45) is 2.09. The number of benzene rings is 2. The van der Waals surface area contributed by atoms with Crippen molar-refractivity contribution in [2.75, 3.05) is 16.4 Å². The minimum absolute atomic E-state index is 0.0633. The van der Waals surface area contributed by atoms with E-state index < -0.39 is 4.92 Å². The molecule has 4 N–H and O–H groups in total. The highest BCUT2D eigenvalue weighted by atomic mass is 79.9. The fourth-order valence-electron chi connectivity index (χ4n) is 4.86. The van der Waals surface area contributed by atoms with Crippen LogP contribution in [0.4, 0.5) is 22.7 Å². The Bertz CT molecular complexity index is 1040. The monoisotopic (exact) mass is 626 g/mol. The van der Waals surface area contributed by atoms with Gasteiger partial charge in [0.15, 0.2) is 0 Å². The number of hydrogen-bond donors (Lipinski definition) is 3. The van der Waals surface area contributed by atoms with Gasteiger partial charge in [-0.25, -0.2) is 0 Å². The summed E-state index contributed by atoms with van der Waals surface area (Å²) in [6.45, 7) is 22.1. The number of nitrogen functional groups attached to an aromatic ring is 1. The molecule has 0 radical (unpaired) electrons. The molecule has 0 saturated heterocycles. The smallest absolute Gasteiger partial charge is 0.283 e. The second kappa shape index (κ2) is 12.2. The summed E-state index contributed by atoms with van der Waals surface area (Å²) >= 11 is 6.68. The SMILES string of the molecule is CC(C)(C)CC(C)(C)Nc1ccc(N)c(Br)c1.CC(C)(C)CC(C)(C)Nc1ccc([N+](=O)[O-])c(Br)c1. The molecule has 0 aromatic heterocycles. The Morgan fingerprint density at radius 2 is 1.14 bits per heavy atom. The largest absolute Gasteiger partial charge is 0.398 e. The molecule has 0 amide bonds. The molecule has 0 bridgehead atoms. The van der Waals surface area contributed by atoms with E-state index in [4.69, 9.17) is 5.73 Å². The topological polar surface area (TPSA) is 93.2 Å². The zero-order valence-electron chi connectivity index (χ0n) is 23.5. The van der Waals surface area contributed by atoms with Crippen molar-refractivity contribution in [2.24, 2.45) is 10.8 Å². The van der Waals surface area contributed by atoms with Crippen molar-refractivity contribution >= 4 is 54.6 Å². The average Bonchev–Trinajstić information content (AvgIpc) is 2.60. The number of nitro benzene ring substituents is 1. The molecule has 0 fully saturated rings. The zero-order chi connectivity index (χ0) is 28.1. The number of nitro groups is 1. The van der Waals surface area contributed by atoms with E-state index in [9.17, 15) is 10.1 Å². The summed E-state index contributed by atoms with van der Waals surface area (Å²) in [4.78, 5) is 10.4. The molecule has 6 nitrogen and oxygen atoms in total. The maximum Gasteiger partial charge on any atom is 0.283 e. The normalized spacial score (nSPS) is 12.4. The Kier molecular flexibility index (Phi) is 10.9. The quantitative estimate of drug-likeness (QED) is 0.161. The molecule has 0 unspecified atom stereocenters. The van der Waals surface area contributed by atoms with Gasteiger partial charge >= 0.3 is 0 Å². The second-order valence-electron chi connectivity index (χ2n) is 13.2. The first-order valence-electron chi connectivity index (χ1n) is 12.1. The van der Waals surface area contributed by atoms with Crippen LogP contribution in [0.25, 0.3) is 0 Å². The molecule has 0 spiro atoms. The minimum Gasteiger partial charge on any atom is -0.398 e. The van der Waals surface area contributed by atoms with Gasteiger partial charge in [-0.2, -0.15) is 0 Å². The van der Waals surface area contributed by atoms with Crippen LogP contribution in [-0.2, 0) is 0 Å². The van der Waals surface area contributed by atoms with Crippen LogP contribution in [0.1, 0.15) is 82.1 Å². The molecular formula is C28H44Br2N4O2. The van der Waals surface area contributed by atoms with E-state index in [0.29, 0.717) is 9.89 Å². The van der Waals surface area contributed by atoms with Crippen molar-refractivity contribution < 1.29 is 4.92 Å². The number of hydrogen-bond acceptors (Lipinski definition) is 5. The molecule has 2 rings (SSSR count). The summed E-state index contributed by atoms with van der Waals surface area (Å²) in [7, 11) is 0. The predicted molar refractivity (Wildman–Crippen MR) is 163 cm³/mol. The first kappa shape index (κ1) is 32.2. The number of halogens is 2. The Morgan fingerprint density at radius 3 is 1.47 bits per heavy atom. The number of nitrogens with zero attached hydrogens (tertiary/aromatic N) is 1. The van der Waals surface area contributed by atoms with E-state index in [1.807, 2.05) is 18.2 Å². The summed E-state index contributed by atoms with van der Waals surface area (Å²) in [5, 5.41) is 17.7. The number of anilines is 3. The first-order valence-corrected chi connectivity index (χ1v) is 13.7. The maximum atomic E-state index is 10.8. The third kappa shape index (κ3) is 12.4. The summed E-state index contributed by atoms with van der Waals surface area (Å²) in [5.41, 5.74) is 9.12. The predicted octanol–water partition coefficient (Wildman–Crippen LogP) is 9.64. The van der Waals surface area contributed by atoms with Gasteiger partial charge in [-0.1, -0.05) is 41.5 Å². The fourth-order valence-corrected chi connectivity index (χ4v) is 5.76. The highest BCUT2D eigenvalue weighted by Crippen LogP contribution is 2.33. The van der Waals surface area contributed by atoms with Crippen LogP contribution >= 0.6 is 31.9 Å². The van der Waals surface area contributed by atoms with Crippen molar-refractivity contribution in [2.45, 2.75) is 93.2 Å². The van der Waals surface area contributed by atoms with Crippen molar-refractivity contribution in [1.82, 2.24) is 0 Å². The van der Waals surface area contributed by atoms with Crippen LogP contribution in [0.2, 0.25) is 0 Å². The molecule has 2 aromatic rings. The Labute approximate surface area is 234 Å². The van der Waals surface area contributed by atoms with Gasteiger partial charge < -0.3 is 16.4 Å². The van der Waals surface area contributed by atoms with E-state index in [-0.39, 0.29) is 22.2 Å². The summed E-state index contributed by atoms with van der Waals surface area (Å²) < 4.78 is 1.43. The van der Waals surface area contributed by atoms with E-state index in [1.165, 1.54) is 6.07 Å². The van der Waals surface area contributed by atoms with Gasteiger partial charge in [-0.3, -0.25) is 10.1 Å². The standard InChI is InChI=1S/C14H21BrN2O2.C14H23BrN2/c1-13(2,3)9-14(4,5)16-10-6-7-12(17(18)19)11(15)8-10;1-13(2,3)9-14(4,5)17-10-6-7-12(16)11(15)8-10/h6-8,16H,9H2,1-5H3;6-8,17H,9,16H2,1-5H3. The van der Waals surface area contributed by atoms with Gasteiger partial charge in [0, 0.05) is 38.7 Å². The number of nitrogens with two attached hydrogens (primary N) is 1. The highest BCUT2D eigenvalue weighted by Gasteiger charge is 2.26. The van der Waals surface area contributed by atoms with Crippen LogP contribution in [-0.4, -0.2) is 16.0 Å². The molecular weight excluding hydrogens is 584 g/mol. The van der Waals surface area contributed by atoms with Crippen LogP contribution in [0.3, 0.4) is 0 Å². The summed E-state index contributed by atoms with van der Waals surface area (Å²) in [5.74, 6) is 0. The van der Waals surface area contributed by atoms with Crippen LogP contribution < -0.4 is 16.4 Å². The van der Waals surface area contributed by atoms with E-state index in [1.54, 1.807) is 12.1 Å². The molecule has 0 saturated carbocycles. The first-order chi connectivity index (χ1) is 16.1. The van der Waals surface area contributed by atoms with Crippen LogP contribution in [0, 0.1) is 20.9 Å². The van der Waals surface area contributed by atoms with Gasteiger partial charge in [0.05, 0.1) is 9.40 Å². The third-order valence-electron chi connectivity index (χ3n) is 5.05. The lowest BCUT2D eigenvalue weighted by atomic mass is 9.81. The molecule has 2 aromatic carbocycles. The average molecular weight is 628 g/mol. The lowest BCUT2D eigenvalue weighted by Gasteiger charge is -2.34. The van der Waals surface area contributed by atoms with E-state index in [2.05, 4.69) is 112 Å². The van der Waals surface area contributed by atoms with E-state index in [0.717, 1.165) is 34.4 Å². The Balaban J connectivity index is 0.000000362. The Morgan fingerprint density at radius 1 is 0.750 bits per heavy atom. The lowest BCUT2D eigenvalue weighted by molar-refractivity contribution is -0.385. The molecule has 8 heteroatoms.